The molecule has 7 N–H and O–H groups in total. The molecule has 15 nitrogen and oxygen atoms in total. The Labute approximate surface area is 259 Å². The number of carboxylic acid groups (broad SMARTS) is 2. The number of hydrogen-bond donors (Lipinski definition) is 7. The predicted molar refractivity (Wildman–Crippen MR) is 158 cm³/mol. The third kappa shape index (κ3) is 10.9. The first-order valence-corrected chi connectivity index (χ1v) is 14.6. The zero-order valence-corrected chi connectivity index (χ0v) is 25.4. The van der Waals surface area contributed by atoms with E-state index in [4.69, 9.17) is 19.5 Å². The fraction of sp³-hybridized carbons (Fsp3) is 0.467. The third-order valence-electron chi connectivity index (χ3n) is 6.92. The van der Waals surface area contributed by atoms with E-state index in [1.807, 2.05) is 6.92 Å². The average molecular weight is 633 g/mol. The van der Waals surface area contributed by atoms with Crippen molar-refractivity contribution in [2.45, 2.75) is 65.3 Å². The van der Waals surface area contributed by atoms with Crippen LogP contribution in [-0.2, 0) is 19.2 Å². The van der Waals surface area contributed by atoms with Crippen molar-refractivity contribution in [3.8, 4) is 17.1 Å². The number of ether oxygens (including phenoxy) is 1. The maximum absolute atomic E-state index is 12.9. The summed E-state index contributed by atoms with van der Waals surface area (Å²) in [7, 11) is 0. The zero-order valence-electron chi connectivity index (χ0n) is 25.4. The lowest BCUT2D eigenvalue weighted by atomic mass is 9.84. The number of carbonyl (C=O) groups is 6. The Balaban J connectivity index is 2.16. The molecular weight excluding hydrogens is 592 g/mol. The van der Waals surface area contributed by atoms with Crippen molar-refractivity contribution in [2.75, 3.05) is 13.3 Å². The van der Waals surface area contributed by atoms with Crippen LogP contribution in [0.1, 0.15) is 80.2 Å². The zero-order chi connectivity index (χ0) is 33.5. The number of hydroxylamine groups is 1. The van der Waals surface area contributed by atoms with Gasteiger partial charge < -0.3 is 35.3 Å². The molecule has 0 aliphatic rings. The summed E-state index contributed by atoms with van der Waals surface area (Å²) in [5, 5.41) is 34.6. The molecule has 1 aromatic heterocycles. The largest absolute Gasteiger partial charge is 0.494 e. The summed E-state index contributed by atoms with van der Waals surface area (Å²) in [6.45, 7) is 5.44. The molecule has 0 aliphatic carbocycles. The Bertz CT molecular complexity index is 1360. The summed E-state index contributed by atoms with van der Waals surface area (Å²) < 4.78 is 11.2. The first-order valence-electron chi connectivity index (χ1n) is 14.6. The maximum atomic E-state index is 12.9. The van der Waals surface area contributed by atoms with Gasteiger partial charge in [-0.2, -0.15) is 0 Å². The monoisotopic (exact) mass is 632 g/mol. The molecule has 0 spiro atoms. The van der Waals surface area contributed by atoms with E-state index >= 15 is 0 Å². The molecule has 45 heavy (non-hydrogen) atoms. The molecule has 2 aromatic rings. The molecule has 0 saturated heterocycles. The van der Waals surface area contributed by atoms with Crippen molar-refractivity contribution >= 4 is 35.6 Å². The minimum atomic E-state index is -1.67. The van der Waals surface area contributed by atoms with Crippen LogP contribution in [0.2, 0.25) is 0 Å². The van der Waals surface area contributed by atoms with Gasteiger partial charge in [0.1, 0.15) is 17.6 Å². The lowest BCUT2D eigenvalue weighted by molar-refractivity contribution is -0.145. The van der Waals surface area contributed by atoms with Crippen molar-refractivity contribution in [1.82, 2.24) is 21.4 Å². The van der Waals surface area contributed by atoms with E-state index in [1.165, 1.54) is 30.3 Å². The molecule has 0 saturated carbocycles. The predicted octanol–water partition coefficient (Wildman–Crippen LogP) is 2.53. The fourth-order valence-corrected chi connectivity index (χ4v) is 4.65. The number of hydrogen-bond acceptors (Lipinski definition) is 9. The van der Waals surface area contributed by atoms with Crippen molar-refractivity contribution in [2.24, 2.45) is 11.8 Å². The van der Waals surface area contributed by atoms with Crippen LogP contribution in [0.4, 0.5) is 0 Å². The highest BCUT2D eigenvalue weighted by atomic mass is 16.5. The van der Waals surface area contributed by atoms with Gasteiger partial charge in [-0.15, -0.1) is 0 Å². The van der Waals surface area contributed by atoms with Gasteiger partial charge in [-0.3, -0.25) is 29.2 Å². The molecule has 0 bridgehead atoms. The molecule has 1 aromatic carbocycles. The smallest absolute Gasteiger partial charge is 0.326 e. The molecule has 0 aliphatic heterocycles. The number of aliphatic carboxylic acids is 2. The number of carboxylic acids is 2. The van der Waals surface area contributed by atoms with E-state index < -0.39 is 59.9 Å². The molecular formula is C30H40N4O11. The number of furan rings is 1. The minimum Gasteiger partial charge on any atom is -0.494 e. The highest BCUT2D eigenvalue weighted by Crippen LogP contribution is 2.28. The fourth-order valence-electron chi connectivity index (χ4n) is 4.65. The van der Waals surface area contributed by atoms with Gasteiger partial charge in [-0.1, -0.05) is 33.1 Å². The second-order valence-corrected chi connectivity index (χ2v) is 10.1. The first-order chi connectivity index (χ1) is 21.4. The number of carbonyl (C=O) groups excluding carboxylic acids is 4. The lowest BCUT2D eigenvalue weighted by Gasteiger charge is -2.24. The Morgan fingerprint density at radius 2 is 1.62 bits per heavy atom. The summed E-state index contributed by atoms with van der Waals surface area (Å²) >= 11 is 0. The van der Waals surface area contributed by atoms with Crippen LogP contribution >= 0.6 is 0 Å². The lowest BCUT2D eigenvalue weighted by Crippen LogP contribution is -2.44. The summed E-state index contributed by atoms with van der Waals surface area (Å²) in [4.78, 5) is 73.1. The number of amides is 4. The van der Waals surface area contributed by atoms with E-state index in [0.29, 0.717) is 24.8 Å². The van der Waals surface area contributed by atoms with Gasteiger partial charge in [0.05, 0.1) is 25.6 Å². The van der Waals surface area contributed by atoms with E-state index in [9.17, 15) is 33.9 Å². The van der Waals surface area contributed by atoms with Crippen LogP contribution in [0, 0.1) is 11.8 Å². The van der Waals surface area contributed by atoms with Gasteiger partial charge in [0.25, 0.3) is 11.8 Å². The highest BCUT2D eigenvalue weighted by molar-refractivity contribution is 5.99. The standard InChI is InChI=1S/C30H40N4O11/c1-4-7-8-9-21(20(5-2)28(39)34-43)27(38)31-16-32-29(40)24-11-10-23(45-24)17-12-18(14-19(13-17)44-6-3)26(37)33-22(30(41)42)15-25(35)36/h10-14,20-22,43H,4-9,15-16H2,1-3H3,(H,31,38)(H,32,40)(H,33,37)(H,34,39)(H,35,36)(H,41,42)/t20-,21-,22-/m1/s1. The number of nitrogens with one attached hydrogen (secondary N) is 4. The molecule has 1 heterocycles. The minimum absolute atomic E-state index is 0.0357. The van der Waals surface area contributed by atoms with E-state index in [1.54, 1.807) is 19.3 Å². The quantitative estimate of drug-likeness (QED) is 0.0514. The van der Waals surface area contributed by atoms with Gasteiger partial charge in [-0.25, -0.2) is 10.3 Å². The summed E-state index contributed by atoms with van der Waals surface area (Å²) in [6.07, 6.45) is 2.42. The molecule has 4 amide bonds. The molecule has 0 unspecified atom stereocenters. The molecule has 15 heteroatoms. The van der Waals surface area contributed by atoms with Crippen LogP contribution in [0.25, 0.3) is 11.3 Å². The molecule has 0 fully saturated rings. The van der Waals surface area contributed by atoms with Gasteiger partial charge >= 0.3 is 11.9 Å². The van der Waals surface area contributed by atoms with E-state index in [-0.39, 0.29) is 36.1 Å². The first kappa shape index (κ1) is 36.3. The van der Waals surface area contributed by atoms with Gasteiger partial charge in [0.2, 0.25) is 11.8 Å². The van der Waals surface area contributed by atoms with Crippen LogP contribution < -0.4 is 26.2 Å². The van der Waals surface area contributed by atoms with Crippen LogP contribution in [0.3, 0.4) is 0 Å². The van der Waals surface area contributed by atoms with Crippen molar-refractivity contribution in [1.29, 1.82) is 0 Å². The summed E-state index contributed by atoms with van der Waals surface area (Å²) in [5.41, 5.74) is 1.89. The Hall–Kier alpha value is -4.92. The normalized spacial score (nSPS) is 12.7. The Kier molecular flexibility index (Phi) is 14.5. The average Bonchev–Trinajstić information content (AvgIpc) is 3.50. The van der Waals surface area contributed by atoms with E-state index in [2.05, 4.69) is 16.0 Å². The van der Waals surface area contributed by atoms with Crippen LogP contribution in [0.5, 0.6) is 5.75 Å². The summed E-state index contributed by atoms with van der Waals surface area (Å²) in [6, 6.07) is 5.43. The van der Waals surface area contributed by atoms with Crippen molar-refractivity contribution in [3.63, 3.8) is 0 Å². The number of benzene rings is 1. The highest BCUT2D eigenvalue weighted by Gasteiger charge is 2.32. The van der Waals surface area contributed by atoms with Gasteiger partial charge in [0.15, 0.2) is 5.76 Å². The third-order valence-corrected chi connectivity index (χ3v) is 6.92. The maximum Gasteiger partial charge on any atom is 0.326 e. The van der Waals surface area contributed by atoms with Crippen LogP contribution in [-0.4, -0.2) is 70.3 Å². The number of rotatable bonds is 19. The van der Waals surface area contributed by atoms with Crippen molar-refractivity contribution in [3.05, 3.63) is 41.7 Å². The Morgan fingerprint density at radius 3 is 2.22 bits per heavy atom. The number of unbranched alkanes of at least 4 members (excludes halogenated alkanes) is 2. The topological polar surface area (TPSA) is 234 Å². The molecule has 246 valence electrons. The second-order valence-electron chi connectivity index (χ2n) is 10.1. The van der Waals surface area contributed by atoms with Crippen molar-refractivity contribution < 1.29 is 53.3 Å². The summed E-state index contributed by atoms with van der Waals surface area (Å²) in [5.74, 6) is -6.72. The molecule has 0 radical (unpaired) electrons. The van der Waals surface area contributed by atoms with Crippen LogP contribution in [0.15, 0.2) is 34.7 Å². The Morgan fingerprint density at radius 1 is 0.889 bits per heavy atom. The SMILES string of the molecule is CCCCC[C@@H](C(=O)NCNC(=O)c1ccc(-c2cc(OCC)cc(C(=O)N[C@H](CC(=O)O)C(=O)O)c2)o1)[C@@H](CC)C(=O)NO. The molecule has 3 atom stereocenters. The second kappa shape index (κ2) is 18.0. The van der Waals surface area contributed by atoms with Gasteiger partial charge in [-0.05, 0) is 50.1 Å². The van der Waals surface area contributed by atoms with E-state index in [0.717, 1.165) is 12.8 Å². The molecule has 2 rings (SSSR count). The van der Waals surface area contributed by atoms with Gasteiger partial charge in [0, 0.05) is 17.0 Å².